The maximum absolute atomic E-state index is 13.4. The van der Waals surface area contributed by atoms with Gasteiger partial charge in [0.2, 0.25) is 0 Å². The number of nitrogens with one attached hydrogen (secondary N) is 1. The minimum atomic E-state index is -4.41. The van der Waals surface area contributed by atoms with E-state index in [-0.39, 0.29) is 12.1 Å². The molecule has 0 amide bonds. The Kier molecular flexibility index (Phi) is 7.24. The molecule has 5 rings (SSSR count). The van der Waals surface area contributed by atoms with Crippen LogP contribution in [0.2, 0.25) is 0 Å². The molecule has 2 unspecified atom stereocenters. The first-order chi connectivity index (χ1) is 17.7. The van der Waals surface area contributed by atoms with Crippen molar-refractivity contribution in [3.05, 3.63) is 82.9 Å². The molecule has 0 bridgehead atoms. The predicted molar refractivity (Wildman–Crippen MR) is 140 cm³/mol. The lowest BCUT2D eigenvalue weighted by atomic mass is 9.96. The predicted octanol–water partition coefficient (Wildman–Crippen LogP) is 4.81. The topological polar surface area (TPSA) is 45.6 Å². The highest BCUT2D eigenvalue weighted by molar-refractivity contribution is 7.80. The molecule has 10 heteroatoms. The number of ether oxygens (including phenoxy) is 1. The van der Waals surface area contributed by atoms with Crippen LogP contribution in [0.25, 0.3) is 5.69 Å². The molecular weight excluding hydrogens is 499 g/mol. The highest BCUT2D eigenvalue weighted by atomic mass is 32.1. The van der Waals surface area contributed by atoms with Crippen molar-refractivity contribution in [2.45, 2.75) is 32.1 Å². The Hall–Kier alpha value is -2.95. The lowest BCUT2D eigenvalue weighted by Crippen LogP contribution is -2.42. The molecule has 2 atom stereocenters. The molecule has 2 aromatic heterocycles. The minimum absolute atomic E-state index is 0.158. The van der Waals surface area contributed by atoms with Gasteiger partial charge in [-0.3, -0.25) is 9.88 Å². The second kappa shape index (κ2) is 10.4. The zero-order valence-corrected chi connectivity index (χ0v) is 21.6. The third kappa shape index (κ3) is 5.23. The summed E-state index contributed by atoms with van der Waals surface area (Å²) in [5, 5.41) is 4.13. The Morgan fingerprint density at radius 1 is 1.05 bits per heavy atom. The second-order valence-electron chi connectivity index (χ2n) is 9.48. The molecule has 37 heavy (non-hydrogen) atoms. The molecule has 6 nitrogen and oxygen atoms in total. The van der Waals surface area contributed by atoms with E-state index in [1.54, 1.807) is 12.3 Å². The summed E-state index contributed by atoms with van der Waals surface area (Å²) >= 11 is 5.81. The molecule has 2 fully saturated rings. The number of hydrogen-bond acceptors (Lipinski definition) is 4. The second-order valence-corrected chi connectivity index (χ2v) is 9.87. The number of thiocarbonyl (C=S) groups is 1. The highest BCUT2D eigenvalue weighted by Crippen LogP contribution is 2.41. The van der Waals surface area contributed by atoms with Gasteiger partial charge in [-0.2, -0.15) is 13.2 Å². The molecule has 196 valence electrons. The first-order valence-corrected chi connectivity index (χ1v) is 12.8. The summed E-state index contributed by atoms with van der Waals surface area (Å²) in [5.74, 6) is 0. The van der Waals surface area contributed by atoms with E-state index < -0.39 is 11.7 Å². The van der Waals surface area contributed by atoms with E-state index in [1.165, 1.54) is 12.1 Å². The van der Waals surface area contributed by atoms with E-state index in [1.807, 2.05) is 36.6 Å². The van der Waals surface area contributed by atoms with Gasteiger partial charge in [-0.15, -0.1) is 0 Å². The number of nitrogens with zero attached hydrogens (tertiary/aromatic N) is 4. The van der Waals surface area contributed by atoms with Crippen LogP contribution in [0.4, 0.5) is 13.2 Å². The van der Waals surface area contributed by atoms with Crippen LogP contribution in [0, 0.1) is 13.8 Å². The SMILES string of the molecule is Cc1cc(C2C(c3ccccn3)NC(=S)N2CCN2CCOCC2)c(C)n1-c1cccc(C(F)(F)F)c1. The molecule has 2 aliphatic heterocycles. The Morgan fingerprint density at radius 3 is 2.54 bits per heavy atom. The normalized spacial score (nSPS) is 20.9. The molecule has 1 N–H and O–H groups in total. The van der Waals surface area contributed by atoms with Crippen molar-refractivity contribution in [1.82, 2.24) is 24.7 Å². The van der Waals surface area contributed by atoms with Crippen LogP contribution in [-0.2, 0) is 10.9 Å². The molecule has 1 aromatic carbocycles. The van der Waals surface area contributed by atoms with Crippen LogP contribution in [-0.4, -0.2) is 63.9 Å². The number of morpholine rings is 1. The first kappa shape index (κ1) is 25.7. The van der Waals surface area contributed by atoms with E-state index in [9.17, 15) is 13.2 Å². The quantitative estimate of drug-likeness (QED) is 0.463. The number of aromatic nitrogens is 2. The van der Waals surface area contributed by atoms with Crippen LogP contribution in [0.5, 0.6) is 0 Å². The third-order valence-electron chi connectivity index (χ3n) is 7.18. The largest absolute Gasteiger partial charge is 0.416 e. The van der Waals surface area contributed by atoms with Crippen molar-refractivity contribution in [2.24, 2.45) is 0 Å². The van der Waals surface area contributed by atoms with Crippen molar-refractivity contribution in [1.29, 1.82) is 0 Å². The van der Waals surface area contributed by atoms with Gasteiger partial charge in [0, 0.05) is 49.5 Å². The van der Waals surface area contributed by atoms with Gasteiger partial charge in [0.25, 0.3) is 0 Å². The Bertz CT molecular complexity index is 1260. The lowest BCUT2D eigenvalue weighted by molar-refractivity contribution is -0.137. The minimum Gasteiger partial charge on any atom is -0.379 e. The van der Waals surface area contributed by atoms with Crippen molar-refractivity contribution in [3.63, 3.8) is 0 Å². The van der Waals surface area contributed by atoms with E-state index >= 15 is 0 Å². The Labute approximate surface area is 220 Å². The number of pyridine rings is 1. The summed E-state index contributed by atoms with van der Waals surface area (Å²) in [6.45, 7) is 8.64. The van der Waals surface area contributed by atoms with Gasteiger partial charge in [-0.05, 0) is 68.0 Å². The number of benzene rings is 1. The molecule has 0 spiro atoms. The fourth-order valence-corrected chi connectivity index (χ4v) is 5.70. The zero-order chi connectivity index (χ0) is 26.2. The van der Waals surface area contributed by atoms with E-state index in [2.05, 4.69) is 26.2 Å². The van der Waals surface area contributed by atoms with Crippen LogP contribution in [0.1, 0.15) is 40.3 Å². The smallest absolute Gasteiger partial charge is 0.379 e. The van der Waals surface area contributed by atoms with Crippen molar-refractivity contribution in [2.75, 3.05) is 39.4 Å². The number of rotatable bonds is 6. The van der Waals surface area contributed by atoms with Gasteiger partial charge in [-0.1, -0.05) is 12.1 Å². The Balaban J connectivity index is 1.53. The Morgan fingerprint density at radius 2 is 1.84 bits per heavy atom. The summed E-state index contributed by atoms with van der Waals surface area (Å²) in [5.41, 5.74) is 3.44. The van der Waals surface area contributed by atoms with Crippen molar-refractivity contribution in [3.8, 4) is 5.69 Å². The van der Waals surface area contributed by atoms with E-state index in [0.717, 1.165) is 61.6 Å². The van der Waals surface area contributed by atoms with Crippen LogP contribution >= 0.6 is 12.2 Å². The maximum Gasteiger partial charge on any atom is 0.416 e. The zero-order valence-electron chi connectivity index (χ0n) is 20.8. The lowest BCUT2D eigenvalue weighted by Gasteiger charge is -2.32. The van der Waals surface area contributed by atoms with Gasteiger partial charge in [0.1, 0.15) is 0 Å². The maximum atomic E-state index is 13.4. The third-order valence-corrected chi connectivity index (χ3v) is 7.53. The van der Waals surface area contributed by atoms with Crippen LogP contribution in [0.15, 0.2) is 54.7 Å². The van der Waals surface area contributed by atoms with Crippen LogP contribution < -0.4 is 5.32 Å². The summed E-state index contributed by atoms with van der Waals surface area (Å²) in [6, 6.07) is 13.0. The van der Waals surface area contributed by atoms with Gasteiger partial charge < -0.3 is 19.5 Å². The molecule has 3 aromatic rings. The van der Waals surface area contributed by atoms with Gasteiger partial charge in [0.05, 0.1) is 36.6 Å². The van der Waals surface area contributed by atoms with E-state index in [0.29, 0.717) is 17.3 Å². The first-order valence-electron chi connectivity index (χ1n) is 12.4. The summed E-state index contributed by atoms with van der Waals surface area (Å²) in [4.78, 5) is 9.16. The van der Waals surface area contributed by atoms with Crippen LogP contribution in [0.3, 0.4) is 0 Å². The molecule has 0 radical (unpaired) electrons. The van der Waals surface area contributed by atoms with Crippen molar-refractivity contribution < 1.29 is 17.9 Å². The number of alkyl halides is 3. The standard InChI is InChI=1S/C27H30F3N5OS/c1-18-16-22(19(2)35(18)21-7-5-6-20(17-21)27(28,29)30)25-24(23-8-3-4-9-31-23)32-26(37)34(25)11-10-33-12-14-36-15-13-33/h3-9,16-17,24-25H,10-15H2,1-2H3,(H,32,37). The molecule has 0 saturated carbocycles. The molecule has 4 heterocycles. The summed E-state index contributed by atoms with van der Waals surface area (Å²) in [7, 11) is 0. The summed E-state index contributed by atoms with van der Waals surface area (Å²) < 4.78 is 47.7. The number of halogens is 3. The average molecular weight is 530 g/mol. The fraction of sp³-hybridized carbons (Fsp3) is 0.407. The average Bonchev–Trinajstić information content (AvgIpc) is 3.37. The molecule has 2 aliphatic rings. The highest BCUT2D eigenvalue weighted by Gasteiger charge is 2.41. The van der Waals surface area contributed by atoms with E-state index in [4.69, 9.17) is 17.0 Å². The monoisotopic (exact) mass is 529 g/mol. The molecular formula is C27H30F3N5OS. The molecule has 2 saturated heterocycles. The van der Waals surface area contributed by atoms with Gasteiger partial charge in [-0.25, -0.2) is 0 Å². The van der Waals surface area contributed by atoms with Gasteiger partial charge >= 0.3 is 6.18 Å². The summed E-state index contributed by atoms with van der Waals surface area (Å²) in [6.07, 6.45) is -2.64. The fourth-order valence-electron chi connectivity index (χ4n) is 5.36. The van der Waals surface area contributed by atoms with Gasteiger partial charge in [0.15, 0.2) is 5.11 Å². The number of hydrogen-bond donors (Lipinski definition) is 1. The number of aryl methyl sites for hydroxylation is 1. The molecule has 0 aliphatic carbocycles. The van der Waals surface area contributed by atoms with Crippen molar-refractivity contribution >= 4 is 17.3 Å².